The number of hydrogen-bond donors (Lipinski definition) is 1. The van der Waals surface area contributed by atoms with Crippen LogP contribution in [0.2, 0.25) is 5.02 Å². The second-order valence-electron chi connectivity index (χ2n) is 6.39. The summed E-state index contributed by atoms with van der Waals surface area (Å²) in [5, 5.41) is 4.44. The highest BCUT2D eigenvalue weighted by molar-refractivity contribution is 6.30. The van der Waals surface area contributed by atoms with Crippen LogP contribution < -0.4 is 5.32 Å². The van der Waals surface area contributed by atoms with Crippen LogP contribution in [0, 0.1) is 5.92 Å². The summed E-state index contributed by atoms with van der Waals surface area (Å²) in [6.45, 7) is 1.62. The minimum Gasteiger partial charge on any atom is -0.378 e. The van der Waals surface area contributed by atoms with Gasteiger partial charge in [-0.15, -0.1) is 0 Å². The Morgan fingerprint density at radius 2 is 2.09 bits per heavy atom. The van der Waals surface area contributed by atoms with Crippen molar-refractivity contribution in [2.75, 3.05) is 5.32 Å². The normalized spacial score (nSPS) is 24.7. The minimum absolute atomic E-state index is 0.114. The number of halogens is 1. The maximum Gasteiger partial charge on any atom is 0.159 e. The van der Waals surface area contributed by atoms with Crippen LogP contribution in [0.15, 0.2) is 54.6 Å². The van der Waals surface area contributed by atoms with Crippen molar-refractivity contribution in [3.05, 3.63) is 76.3 Å². The molecule has 1 N–H and O–H groups in total. The first kappa shape index (κ1) is 14.5. The highest BCUT2D eigenvalue weighted by Gasteiger charge is 2.38. The van der Waals surface area contributed by atoms with Gasteiger partial charge in [0.2, 0.25) is 0 Å². The molecule has 1 aliphatic carbocycles. The number of allylic oxidation sites excluding steroid dienone is 2. The predicted octanol–water partition coefficient (Wildman–Crippen LogP) is 5.37. The highest BCUT2D eigenvalue weighted by Crippen LogP contribution is 2.50. The van der Waals surface area contributed by atoms with Crippen molar-refractivity contribution in [3.63, 3.8) is 0 Å². The Balaban J connectivity index is 1.79. The van der Waals surface area contributed by atoms with Crippen LogP contribution in [0.25, 0.3) is 0 Å². The van der Waals surface area contributed by atoms with Crippen molar-refractivity contribution in [1.29, 1.82) is 0 Å². The fourth-order valence-corrected chi connectivity index (χ4v) is 4.04. The number of anilines is 1. The van der Waals surface area contributed by atoms with E-state index < -0.39 is 0 Å². The van der Waals surface area contributed by atoms with Crippen molar-refractivity contribution in [1.82, 2.24) is 0 Å². The average Bonchev–Trinajstić information content (AvgIpc) is 3.03. The Hall–Kier alpha value is -2.06. The molecule has 0 aromatic heterocycles. The lowest BCUT2D eigenvalue weighted by molar-refractivity contribution is 0.101. The van der Waals surface area contributed by atoms with E-state index in [1.54, 1.807) is 6.92 Å². The molecule has 116 valence electrons. The molecule has 2 nitrogen and oxygen atoms in total. The van der Waals surface area contributed by atoms with Crippen molar-refractivity contribution in [3.8, 4) is 0 Å². The molecule has 4 rings (SSSR count). The van der Waals surface area contributed by atoms with Crippen LogP contribution >= 0.6 is 11.6 Å². The topological polar surface area (TPSA) is 29.1 Å². The van der Waals surface area contributed by atoms with E-state index >= 15 is 0 Å². The van der Waals surface area contributed by atoms with Gasteiger partial charge in [-0.2, -0.15) is 0 Å². The van der Waals surface area contributed by atoms with E-state index in [0.717, 1.165) is 22.7 Å². The monoisotopic (exact) mass is 323 g/mol. The van der Waals surface area contributed by atoms with E-state index in [1.165, 1.54) is 11.1 Å². The van der Waals surface area contributed by atoms with Gasteiger partial charge in [0.15, 0.2) is 5.78 Å². The summed E-state index contributed by atoms with van der Waals surface area (Å²) in [5.41, 5.74) is 4.35. The average molecular weight is 324 g/mol. The molecule has 0 radical (unpaired) electrons. The molecular formula is C20H18ClNO. The van der Waals surface area contributed by atoms with Crippen molar-refractivity contribution >= 4 is 23.1 Å². The standard InChI is InChI=1S/C20H18ClNO/c1-12(23)13-8-9-19-18(11-13)16-6-3-7-17(16)20(22-19)14-4-2-5-15(21)10-14/h2-6,8-11,16-17,20,22H,7H2,1H3/t16-,17+,20-/m1/s1. The van der Waals surface area contributed by atoms with E-state index in [-0.39, 0.29) is 11.8 Å². The Morgan fingerprint density at radius 1 is 1.22 bits per heavy atom. The van der Waals surface area contributed by atoms with Gasteiger partial charge >= 0.3 is 0 Å². The zero-order valence-electron chi connectivity index (χ0n) is 12.9. The SMILES string of the molecule is CC(=O)c1ccc2c(c1)[C@@H]1C=CC[C@@H]1[C@@H](c1cccc(Cl)c1)N2. The minimum atomic E-state index is 0.114. The summed E-state index contributed by atoms with van der Waals surface area (Å²) in [6, 6.07) is 14.3. The van der Waals surface area contributed by atoms with Gasteiger partial charge in [-0.3, -0.25) is 4.79 Å². The van der Waals surface area contributed by atoms with E-state index in [0.29, 0.717) is 11.8 Å². The van der Waals surface area contributed by atoms with Gasteiger partial charge in [-0.1, -0.05) is 35.9 Å². The Bertz CT molecular complexity index is 811. The number of Topliss-reactive ketones (excluding diaryl/α,β-unsaturated/α-hetero) is 1. The summed E-state index contributed by atoms with van der Waals surface area (Å²) in [4.78, 5) is 11.7. The maximum atomic E-state index is 11.7. The fourth-order valence-electron chi connectivity index (χ4n) is 3.84. The smallest absolute Gasteiger partial charge is 0.159 e. The third-order valence-corrected chi connectivity index (χ3v) is 5.21. The number of carbonyl (C=O) groups is 1. The molecule has 23 heavy (non-hydrogen) atoms. The Labute approximate surface area is 141 Å². The molecule has 2 aromatic rings. The largest absolute Gasteiger partial charge is 0.378 e. The van der Waals surface area contributed by atoms with Crippen LogP contribution in [0.4, 0.5) is 5.69 Å². The number of carbonyl (C=O) groups excluding carboxylic acids is 1. The summed E-state index contributed by atoms with van der Waals surface area (Å²) < 4.78 is 0. The molecule has 0 fully saturated rings. The first-order valence-electron chi connectivity index (χ1n) is 7.97. The third-order valence-electron chi connectivity index (χ3n) is 4.98. The van der Waals surface area contributed by atoms with E-state index in [9.17, 15) is 4.79 Å². The molecular weight excluding hydrogens is 306 g/mol. The molecule has 0 saturated carbocycles. The van der Waals surface area contributed by atoms with E-state index in [4.69, 9.17) is 11.6 Å². The molecule has 0 amide bonds. The number of hydrogen-bond acceptors (Lipinski definition) is 2. The Kier molecular flexibility index (Phi) is 3.50. The van der Waals surface area contributed by atoms with Gasteiger partial charge in [0, 0.05) is 22.2 Å². The van der Waals surface area contributed by atoms with Gasteiger partial charge in [-0.25, -0.2) is 0 Å². The molecule has 1 aliphatic heterocycles. The third kappa shape index (κ3) is 2.47. The van der Waals surface area contributed by atoms with Crippen molar-refractivity contribution < 1.29 is 4.79 Å². The van der Waals surface area contributed by atoms with E-state index in [2.05, 4.69) is 23.5 Å². The number of benzene rings is 2. The molecule has 1 heterocycles. The lowest BCUT2D eigenvalue weighted by Crippen LogP contribution is -2.29. The van der Waals surface area contributed by atoms with Gasteiger partial charge in [0.05, 0.1) is 6.04 Å². The van der Waals surface area contributed by atoms with Gasteiger partial charge in [0.1, 0.15) is 0 Å². The lowest BCUT2D eigenvalue weighted by atomic mass is 9.76. The Morgan fingerprint density at radius 3 is 2.87 bits per heavy atom. The molecule has 0 bridgehead atoms. The maximum absolute atomic E-state index is 11.7. The van der Waals surface area contributed by atoms with Crippen molar-refractivity contribution in [2.45, 2.75) is 25.3 Å². The second-order valence-corrected chi connectivity index (χ2v) is 6.83. The second kappa shape index (κ2) is 5.54. The first-order valence-corrected chi connectivity index (χ1v) is 8.35. The van der Waals surface area contributed by atoms with Crippen LogP contribution in [0.3, 0.4) is 0 Å². The number of rotatable bonds is 2. The molecule has 0 unspecified atom stereocenters. The number of nitrogens with one attached hydrogen (secondary N) is 1. The zero-order chi connectivity index (χ0) is 16.0. The van der Waals surface area contributed by atoms with Gasteiger partial charge in [0.25, 0.3) is 0 Å². The zero-order valence-corrected chi connectivity index (χ0v) is 13.7. The molecule has 0 saturated heterocycles. The molecule has 2 aromatic carbocycles. The predicted molar refractivity (Wildman–Crippen MR) is 94.3 cm³/mol. The fraction of sp³-hybridized carbons (Fsp3) is 0.250. The number of fused-ring (bicyclic) bond motifs is 3. The number of ketones is 1. The van der Waals surface area contributed by atoms with Crippen LogP contribution in [0.1, 0.15) is 46.8 Å². The van der Waals surface area contributed by atoms with Gasteiger partial charge in [-0.05, 0) is 60.7 Å². The summed E-state index contributed by atoms with van der Waals surface area (Å²) >= 11 is 6.18. The first-order chi connectivity index (χ1) is 11.1. The van der Waals surface area contributed by atoms with Crippen LogP contribution in [-0.4, -0.2) is 5.78 Å². The van der Waals surface area contributed by atoms with Crippen molar-refractivity contribution in [2.24, 2.45) is 5.92 Å². The molecule has 3 atom stereocenters. The summed E-state index contributed by atoms with van der Waals surface area (Å²) in [5.74, 6) is 0.931. The molecule has 2 aliphatic rings. The van der Waals surface area contributed by atoms with Crippen LogP contribution in [-0.2, 0) is 0 Å². The summed E-state index contributed by atoms with van der Waals surface area (Å²) in [6.07, 6.45) is 5.58. The van der Waals surface area contributed by atoms with Crippen LogP contribution in [0.5, 0.6) is 0 Å². The summed E-state index contributed by atoms with van der Waals surface area (Å²) in [7, 11) is 0. The molecule has 0 spiro atoms. The van der Waals surface area contributed by atoms with E-state index in [1.807, 2.05) is 36.4 Å². The lowest BCUT2D eigenvalue weighted by Gasteiger charge is -2.37. The van der Waals surface area contributed by atoms with Gasteiger partial charge < -0.3 is 5.32 Å². The quantitative estimate of drug-likeness (QED) is 0.594. The highest BCUT2D eigenvalue weighted by atomic mass is 35.5. The molecule has 3 heteroatoms.